The summed E-state index contributed by atoms with van der Waals surface area (Å²) < 4.78 is 70.2. The van der Waals surface area contributed by atoms with Gasteiger partial charge in [-0.3, -0.25) is 0 Å². The quantitative estimate of drug-likeness (QED) is 0.385. The van der Waals surface area contributed by atoms with Crippen LogP contribution >= 0.6 is 0 Å². The van der Waals surface area contributed by atoms with Crippen molar-refractivity contribution in [3.05, 3.63) is 76.9 Å². The van der Waals surface area contributed by atoms with Gasteiger partial charge < -0.3 is 14.0 Å². The average Bonchev–Trinajstić information content (AvgIpc) is 3.09. The summed E-state index contributed by atoms with van der Waals surface area (Å²) in [5.74, 6) is -3.54. The molecule has 8 heteroatoms. The maximum atomic E-state index is 14.9. The highest BCUT2D eigenvalue weighted by molar-refractivity contribution is 5.84. The fourth-order valence-electron chi connectivity index (χ4n) is 3.53. The average molecular weight is 430 g/mol. The number of hydrogen-bond donors (Lipinski definition) is 0. The third-order valence-electron chi connectivity index (χ3n) is 5.12. The number of imidazole rings is 1. The molecule has 4 nitrogen and oxygen atoms in total. The summed E-state index contributed by atoms with van der Waals surface area (Å²) in [7, 11) is 2.59. The fraction of sp³-hybridized carbons (Fsp3) is 0.174. The molecule has 0 aliphatic rings. The maximum Gasteiger partial charge on any atom is 0.147 e. The first-order valence-corrected chi connectivity index (χ1v) is 9.35. The van der Waals surface area contributed by atoms with Crippen LogP contribution in [-0.4, -0.2) is 23.8 Å². The van der Waals surface area contributed by atoms with E-state index in [1.165, 1.54) is 18.8 Å². The first kappa shape index (κ1) is 20.7. The van der Waals surface area contributed by atoms with E-state index in [0.717, 1.165) is 29.8 Å². The van der Waals surface area contributed by atoms with Gasteiger partial charge in [0, 0.05) is 29.8 Å². The van der Waals surface area contributed by atoms with Crippen molar-refractivity contribution in [2.24, 2.45) is 0 Å². The number of aryl methyl sites for hydroxylation is 1. The van der Waals surface area contributed by atoms with Crippen molar-refractivity contribution in [1.82, 2.24) is 9.55 Å². The molecule has 1 heterocycles. The van der Waals surface area contributed by atoms with Crippen LogP contribution in [0.25, 0.3) is 22.4 Å². The van der Waals surface area contributed by atoms with Gasteiger partial charge in [-0.1, -0.05) is 12.1 Å². The van der Waals surface area contributed by atoms with Crippen LogP contribution in [0.1, 0.15) is 11.1 Å². The van der Waals surface area contributed by atoms with Gasteiger partial charge in [-0.15, -0.1) is 0 Å². The molecule has 0 atom stereocenters. The molecule has 0 aliphatic carbocycles. The van der Waals surface area contributed by atoms with Crippen molar-refractivity contribution >= 4 is 11.0 Å². The number of halogens is 4. The lowest BCUT2D eigenvalue weighted by Crippen LogP contribution is -2.08. The highest BCUT2D eigenvalue weighted by atomic mass is 19.1. The number of hydrogen-bond acceptors (Lipinski definition) is 3. The molecule has 0 saturated heterocycles. The SMILES string of the molecule is COc1cc(F)c(Cn2c(-c3c(F)cc(OC)cc3F)nc3c(C)cccc32)c(F)c1. The van der Waals surface area contributed by atoms with Gasteiger partial charge in [-0.05, 0) is 18.6 Å². The summed E-state index contributed by atoms with van der Waals surface area (Å²) in [5.41, 5.74) is 1.02. The van der Waals surface area contributed by atoms with Crippen LogP contribution in [0.4, 0.5) is 17.6 Å². The van der Waals surface area contributed by atoms with Crippen molar-refractivity contribution in [2.45, 2.75) is 13.5 Å². The van der Waals surface area contributed by atoms with E-state index in [2.05, 4.69) is 4.98 Å². The normalized spacial score (nSPS) is 11.2. The summed E-state index contributed by atoms with van der Waals surface area (Å²) in [6.45, 7) is 1.46. The molecule has 31 heavy (non-hydrogen) atoms. The minimum absolute atomic E-state index is 0.00448. The molecule has 0 saturated carbocycles. The van der Waals surface area contributed by atoms with Crippen molar-refractivity contribution in [2.75, 3.05) is 14.2 Å². The maximum absolute atomic E-state index is 14.9. The minimum Gasteiger partial charge on any atom is -0.497 e. The Bertz CT molecular complexity index is 1250. The monoisotopic (exact) mass is 430 g/mol. The number of benzene rings is 3. The molecule has 4 rings (SSSR count). The Morgan fingerprint density at radius 1 is 0.839 bits per heavy atom. The minimum atomic E-state index is -0.901. The van der Waals surface area contributed by atoms with E-state index in [1.54, 1.807) is 25.1 Å². The number of fused-ring (bicyclic) bond motifs is 1. The van der Waals surface area contributed by atoms with Crippen LogP contribution in [0.15, 0.2) is 42.5 Å². The molecule has 0 unspecified atom stereocenters. The van der Waals surface area contributed by atoms with E-state index in [4.69, 9.17) is 9.47 Å². The van der Waals surface area contributed by atoms with Gasteiger partial charge in [0.25, 0.3) is 0 Å². The van der Waals surface area contributed by atoms with Gasteiger partial charge in [0.2, 0.25) is 0 Å². The number of para-hydroxylation sites is 1. The second-order valence-corrected chi connectivity index (χ2v) is 7.00. The van der Waals surface area contributed by atoms with Gasteiger partial charge in [0.15, 0.2) is 0 Å². The summed E-state index contributed by atoms with van der Waals surface area (Å²) in [5, 5.41) is 0. The van der Waals surface area contributed by atoms with Crippen molar-refractivity contribution in [3.8, 4) is 22.9 Å². The molecule has 0 fully saturated rings. The number of methoxy groups -OCH3 is 2. The first-order chi connectivity index (χ1) is 14.8. The third kappa shape index (κ3) is 3.58. The van der Waals surface area contributed by atoms with Crippen molar-refractivity contribution < 1.29 is 27.0 Å². The van der Waals surface area contributed by atoms with Crippen LogP contribution in [0.5, 0.6) is 11.5 Å². The predicted molar refractivity (Wildman–Crippen MR) is 108 cm³/mol. The van der Waals surface area contributed by atoms with Crippen LogP contribution < -0.4 is 9.47 Å². The van der Waals surface area contributed by atoms with Crippen LogP contribution in [0.2, 0.25) is 0 Å². The second kappa shape index (κ2) is 7.94. The van der Waals surface area contributed by atoms with E-state index in [1.807, 2.05) is 0 Å². The van der Waals surface area contributed by atoms with E-state index >= 15 is 0 Å². The molecule has 1 aromatic heterocycles. The molecule has 4 aromatic rings. The molecular formula is C23H18F4N2O2. The topological polar surface area (TPSA) is 36.3 Å². The lowest BCUT2D eigenvalue weighted by molar-refractivity contribution is 0.405. The Morgan fingerprint density at radius 3 is 1.94 bits per heavy atom. The summed E-state index contributed by atoms with van der Waals surface area (Å²) in [6.07, 6.45) is 0. The van der Waals surface area contributed by atoms with Crippen molar-refractivity contribution in [3.63, 3.8) is 0 Å². The van der Waals surface area contributed by atoms with Gasteiger partial charge >= 0.3 is 0 Å². The Kier molecular flexibility index (Phi) is 5.31. The highest BCUT2D eigenvalue weighted by Crippen LogP contribution is 2.34. The molecule has 0 radical (unpaired) electrons. The Balaban J connectivity index is 1.98. The largest absolute Gasteiger partial charge is 0.497 e. The van der Waals surface area contributed by atoms with E-state index in [-0.39, 0.29) is 29.4 Å². The second-order valence-electron chi connectivity index (χ2n) is 7.00. The van der Waals surface area contributed by atoms with E-state index < -0.39 is 28.8 Å². The number of aromatic nitrogens is 2. The molecule has 0 bridgehead atoms. The fourth-order valence-corrected chi connectivity index (χ4v) is 3.53. The van der Waals surface area contributed by atoms with Crippen LogP contribution in [-0.2, 0) is 6.54 Å². The van der Waals surface area contributed by atoms with E-state index in [9.17, 15) is 17.6 Å². The predicted octanol–water partition coefficient (Wildman–Crippen LogP) is 5.63. The van der Waals surface area contributed by atoms with E-state index in [0.29, 0.717) is 11.0 Å². The van der Waals surface area contributed by atoms with Crippen LogP contribution in [0, 0.1) is 30.2 Å². The lowest BCUT2D eigenvalue weighted by atomic mass is 10.1. The zero-order valence-corrected chi connectivity index (χ0v) is 17.0. The molecule has 0 amide bonds. The summed E-state index contributed by atoms with van der Waals surface area (Å²) in [6, 6.07) is 9.37. The van der Waals surface area contributed by atoms with Gasteiger partial charge in [0.05, 0.1) is 37.4 Å². The first-order valence-electron chi connectivity index (χ1n) is 9.35. The molecule has 0 spiro atoms. The van der Waals surface area contributed by atoms with Gasteiger partial charge in [0.1, 0.15) is 40.6 Å². The molecular weight excluding hydrogens is 412 g/mol. The van der Waals surface area contributed by atoms with Crippen molar-refractivity contribution in [1.29, 1.82) is 0 Å². The standard InChI is InChI=1S/C23H18F4N2O2/c1-12-5-4-6-20-22(12)28-23(21-18(26)9-14(31-3)10-19(21)27)29(20)11-15-16(24)7-13(30-2)8-17(15)25/h4-10H,11H2,1-3H3. The smallest absolute Gasteiger partial charge is 0.147 e. The Hall–Kier alpha value is -3.55. The molecule has 3 aromatic carbocycles. The van der Waals surface area contributed by atoms with Crippen LogP contribution in [0.3, 0.4) is 0 Å². The molecule has 0 N–H and O–H groups in total. The molecule has 160 valence electrons. The summed E-state index contributed by atoms with van der Waals surface area (Å²) >= 11 is 0. The highest BCUT2D eigenvalue weighted by Gasteiger charge is 2.23. The third-order valence-corrected chi connectivity index (χ3v) is 5.12. The summed E-state index contributed by atoms with van der Waals surface area (Å²) in [4.78, 5) is 4.42. The lowest BCUT2D eigenvalue weighted by Gasteiger charge is -2.13. The number of nitrogens with zero attached hydrogens (tertiary/aromatic N) is 2. The Morgan fingerprint density at radius 2 is 1.39 bits per heavy atom. The Labute approximate surface area is 175 Å². The zero-order valence-electron chi connectivity index (χ0n) is 17.0. The van der Waals surface area contributed by atoms with Gasteiger partial charge in [-0.2, -0.15) is 0 Å². The molecule has 0 aliphatic heterocycles. The number of rotatable bonds is 5. The van der Waals surface area contributed by atoms with Gasteiger partial charge in [-0.25, -0.2) is 22.5 Å². The zero-order chi connectivity index (χ0) is 22.3. The number of ether oxygens (including phenoxy) is 2.